The van der Waals surface area contributed by atoms with Crippen molar-refractivity contribution in [3.05, 3.63) is 24.0 Å². The highest BCUT2D eigenvalue weighted by Crippen LogP contribution is 2.12. The maximum atomic E-state index is 11.6. The summed E-state index contributed by atoms with van der Waals surface area (Å²) in [4.78, 5) is 20.3. The highest BCUT2D eigenvalue weighted by atomic mass is 16.7. The lowest BCUT2D eigenvalue weighted by atomic mass is 10.2. The van der Waals surface area contributed by atoms with Crippen molar-refractivity contribution in [1.29, 1.82) is 0 Å². The van der Waals surface area contributed by atoms with Gasteiger partial charge in [-0.1, -0.05) is 0 Å². The van der Waals surface area contributed by atoms with Gasteiger partial charge in [0.25, 0.3) is 5.91 Å². The lowest BCUT2D eigenvalue weighted by Crippen LogP contribution is -2.25. The molecule has 1 aromatic rings. The summed E-state index contributed by atoms with van der Waals surface area (Å²) in [7, 11) is 2.97. The minimum atomic E-state index is -0.258. The second kappa shape index (κ2) is 5.31. The first-order valence-corrected chi connectivity index (χ1v) is 4.59. The first-order valence-electron chi connectivity index (χ1n) is 4.59. The van der Waals surface area contributed by atoms with E-state index in [-0.39, 0.29) is 5.91 Å². The molecule has 0 aliphatic carbocycles. The van der Waals surface area contributed by atoms with Crippen molar-refractivity contribution in [3.63, 3.8) is 0 Å². The van der Waals surface area contributed by atoms with E-state index in [1.807, 2.05) is 6.92 Å². The SMILES string of the molecule is CCOc1cncc(C(=O)N(C)OC)c1. The second-order valence-electron chi connectivity index (χ2n) is 2.83. The third-order valence-corrected chi connectivity index (χ3v) is 1.83. The molecule has 0 atom stereocenters. The van der Waals surface area contributed by atoms with Crippen LogP contribution in [-0.4, -0.2) is 36.7 Å². The van der Waals surface area contributed by atoms with Gasteiger partial charge >= 0.3 is 0 Å². The Morgan fingerprint density at radius 2 is 2.27 bits per heavy atom. The molecular formula is C10H14N2O3. The molecule has 0 fully saturated rings. The summed E-state index contributed by atoms with van der Waals surface area (Å²) in [6.45, 7) is 2.41. The van der Waals surface area contributed by atoms with Crippen molar-refractivity contribution in [2.45, 2.75) is 6.92 Å². The molecule has 1 amide bonds. The van der Waals surface area contributed by atoms with E-state index in [1.165, 1.54) is 20.4 Å². The number of pyridine rings is 1. The van der Waals surface area contributed by atoms with Crippen molar-refractivity contribution in [3.8, 4) is 5.75 Å². The van der Waals surface area contributed by atoms with Gasteiger partial charge in [-0.2, -0.15) is 0 Å². The Morgan fingerprint density at radius 1 is 1.53 bits per heavy atom. The molecule has 5 heteroatoms. The van der Waals surface area contributed by atoms with Crippen molar-refractivity contribution in [2.24, 2.45) is 0 Å². The van der Waals surface area contributed by atoms with E-state index in [0.29, 0.717) is 17.9 Å². The summed E-state index contributed by atoms with van der Waals surface area (Å²) in [5.41, 5.74) is 0.435. The van der Waals surface area contributed by atoms with Crippen molar-refractivity contribution >= 4 is 5.91 Å². The lowest BCUT2D eigenvalue weighted by molar-refractivity contribution is -0.0757. The van der Waals surface area contributed by atoms with Crippen molar-refractivity contribution in [1.82, 2.24) is 10.0 Å². The molecule has 0 aliphatic rings. The Balaban J connectivity index is 2.85. The summed E-state index contributed by atoms with van der Waals surface area (Å²) in [5, 5.41) is 1.13. The number of aromatic nitrogens is 1. The molecule has 1 heterocycles. The average Bonchev–Trinajstić information content (AvgIpc) is 2.28. The van der Waals surface area contributed by atoms with Crippen LogP contribution in [0, 0.1) is 0 Å². The Bertz CT molecular complexity index is 341. The topological polar surface area (TPSA) is 51.7 Å². The standard InChI is InChI=1S/C10H14N2O3/c1-4-15-9-5-8(6-11-7-9)10(13)12(2)14-3/h5-7H,4H2,1-3H3. The van der Waals surface area contributed by atoms with Gasteiger partial charge in [0, 0.05) is 13.2 Å². The van der Waals surface area contributed by atoms with Gasteiger partial charge in [0.2, 0.25) is 0 Å². The number of nitrogens with zero attached hydrogens (tertiary/aromatic N) is 2. The van der Waals surface area contributed by atoms with Gasteiger partial charge in [-0.3, -0.25) is 14.6 Å². The first kappa shape index (κ1) is 11.5. The van der Waals surface area contributed by atoms with Gasteiger partial charge in [-0.15, -0.1) is 0 Å². The Hall–Kier alpha value is -1.62. The molecule has 0 aliphatic heterocycles. The molecule has 0 radical (unpaired) electrons. The van der Waals surface area contributed by atoms with Crippen LogP contribution >= 0.6 is 0 Å². The maximum Gasteiger partial charge on any atom is 0.278 e. The van der Waals surface area contributed by atoms with Crippen LogP contribution in [0.3, 0.4) is 0 Å². The molecule has 1 aromatic heterocycles. The third-order valence-electron chi connectivity index (χ3n) is 1.83. The summed E-state index contributed by atoms with van der Waals surface area (Å²) in [6, 6.07) is 1.63. The molecule has 0 bridgehead atoms. The van der Waals surface area contributed by atoms with Gasteiger partial charge in [0.05, 0.1) is 25.5 Å². The molecule has 0 saturated carbocycles. The summed E-state index contributed by atoms with van der Waals surface area (Å²) >= 11 is 0. The Kier molecular flexibility index (Phi) is 4.05. The number of hydrogen-bond donors (Lipinski definition) is 0. The van der Waals surface area contributed by atoms with E-state index in [4.69, 9.17) is 9.57 Å². The van der Waals surface area contributed by atoms with Crippen LogP contribution in [0.25, 0.3) is 0 Å². The Labute approximate surface area is 88.6 Å². The molecule has 0 aromatic carbocycles. The molecule has 1 rings (SSSR count). The molecule has 0 unspecified atom stereocenters. The molecule has 0 N–H and O–H groups in total. The van der Waals surface area contributed by atoms with Gasteiger partial charge < -0.3 is 4.74 Å². The summed E-state index contributed by atoms with van der Waals surface area (Å²) in [5.74, 6) is 0.319. The normalized spacial score (nSPS) is 9.80. The van der Waals surface area contributed by atoms with Crippen molar-refractivity contribution < 1.29 is 14.4 Å². The number of hydrogen-bond acceptors (Lipinski definition) is 4. The summed E-state index contributed by atoms with van der Waals surface area (Å²) in [6.07, 6.45) is 3.04. The highest BCUT2D eigenvalue weighted by Gasteiger charge is 2.12. The number of carbonyl (C=O) groups is 1. The minimum Gasteiger partial charge on any atom is -0.492 e. The zero-order valence-corrected chi connectivity index (χ0v) is 9.06. The number of amides is 1. The van der Waals surface area contributed by atoms with E-state index in [9.17, 15) is 4.79 Å². The van der Waals surface area contributed by atoms with Crippen LogP contribution in [-0.2, 0) is 4.84 Å². The number of rotatable bonds is 4. The van der Waals surface area contributed by atoms with Gasteiger partial charge in [-0.25, -0.2) is 5.06 Å². The Morgan fingerprint density at radius 3 is 2.87 bits per heavy atom. The fourth-order valence-corrected chi connectivity index (χ4v) is 1.05. The number of hydroxylamine groups is 2. The molecule has 0 saturated heterocycles. The van der Waals surface area contributed by atoms with E-state index < -0.39 is 0 Å². The predicted octanol–water partition coefficient (Wildman–Crippen LogP) is 1.11. The fourth-order valence-electron chi connectivity index (χ4n) is 1.05. The number of ether oxygens (including phenoxy) is 1. The van der Waals surface area contributed by atoms with Gasteiger partial charge in [0.1, 0.15) is 5.75 Å². The largest absolute Gasteiger partial charge is 0.492 e. The molecule has 0 spiro atoms. The lowest BCUT2D eigenvalue weighted by Gasteiger charge is -2.13. The van der Waals surface area contributed by atoms with Crippen LogP contribution in [0.4, 0.5) is 0 Å². The quantitative estimate of drug-likeness (QED) is 0.699. The minimum absolute atomic E-state index is 0.258. The molecule has 15 heavy (non-hydrogen) atoms. The smallest absolute Gasteiger partial charge is 0.278 e. The zero-order valence-electron chi connectivity index (χ0n) is 9.06. The van der Waals surface area contributed by atoms with Crippen molar-refractivity contribution in [2.75, 3.05) is 20.8 Å². The second-order valence-corrected chi connectivity index (χ2v) is 2.83. The maximum absolute atomic E-state index is 11.6. The monoisotopic (exact) mass is 210 g/mol. The summed E-state index contributed by atoms with van der Waals surface area (Å²) < 4.78 is 5.24. The highest BCUT2D eigenvalue weighted by molar-refractivity contribution is 5.93. The molecule has 5 nitrogen and oxygen atoms in total. The molecule has 82 valence electrons. The van der Waals surface area contributed by atoms with Crippen LogP contribution in [0.2, 0.25) is 0 Å². The number of carbonyl (C=O) groups excluding carboxylic acids is 1. The van der Waals surface area contributed by atoms with Gasteiger partial charge in [0.15, 0.2) is 0 Å². The van der Waals surface area contributed by atoms with Crippen LogP contribution in [0.15, 0.2) is 18.5 Å². The van der Waals surface area contributed by atoms with Crippen LogP contribution in [0.5, 0.6) is 5.75 Å². The van der Waals surface area contributed by atoms with E-state index >= 15 is 0 Å². The zero-order chi connectivity index (χ0) is 11.3. The van der Waals surface area contributed by atoms with Gasteiger partial charge in [-0.05, 0) is 13.0 Å². The van der Waals surface area contributed by atoms with E-state index in [0.717, 1.165) is 5.06 Å². The van der Waals surface area contributed by atoms with Crippen LogP contribution < -0.4 is 4.74 Å². The third kappa shape index (κ3) is 2.92. The average molecular weight is 210 g/mol. The van der Waals surface area contributed by atoms with E-state index in [1.54, 1.807) is 12.3 Å². The predicted molar refractivity (Wildman–Crippen MR) is 54.5 cm³/mol. The fraction of sp³-hybridized carbons (Fsp3) is 0.400. The molecular weight excluding hydrogens is 196 g/mol. The van der Waals surface area contributed by atoms with E-state index in [2.05, 4.69) is 4.98 Å². The van der Waals surface area contributed by atoms with Crippen LogP contribution in [0.1, 0.15) is 17.3 Å². The first-order chi connectivity index (χ1) is 7.19.